The van der Waals surface area contributed by atoms with Crippen LogP contribution in [0.2, 0.25) is 0 Å². The maximum atomic E-state index is 10.6. The topological polar surface area (TPSA) is 98.7 Å². The fraction of sp³-hybridized carbons (Fsp3) is 0.667. The summed E-state index contributed by atoms with van der Waals surface area (Å²) in [5, 5.41) is 23.4. The zero-order valence-electron chi connectivity index (χ0n) is 8.27. The lowest BCUT2D eigenvalue weighted by Gasteiger charge is -2.22. The minimum atomic E-state index is -1.02. The molecule has 1 fully saturated rings. The van der Waals surface area contributed by atoms with E-state index in [2.05, 4.69) is 10.6 Å². The maximum Gasteiger partial charge on any atom is 0.309 e. The predicted molar refractivity (Wildman–Crippen MR) is 52.3 cm³/mol. The highest BCUT2D eigenvalue weighted by atomic mass is 16.4. The zero-order chi connectivity index (χ0) is 11.3. The summed E-state index contributed by atoms with van der Waals surface area (Å²) in [7, 11) is 0. The van der Waals surface area contributed by atoms with Gasteiger partial charge in [-0.1, -0.05) is 0 Å². The first-order valence-electron chi connectivity index (χ1n) is 4.83. The van der Waals surface area contributed by atoms with Crippen molar-refractivity contribution in [2.24, 2.45) is 5.92 Å². The highest BCUT2D eigenvalue weighted by Crippen LogP contribution is 2.12. The van der Waals surface area contributed by atoms with Crippen LogP contribution in [-0.4, -0.2) is 47.8 Å². The molecular formula is C9H15N2O4. The molecule has 15 heavy (non-hydrogen) atoms. The van der Waals surface area contributed by atoms with Crippen molar-refractivity contribution in [2.45, 2.75) is 12.5 Å². The van der Waals surface area contributed by atoms with Crippen molar-refractivity contribution in [1.82, 2.24) is 10.6 Å². The molecule has 6 nitrogen and oxygen atoms in total. The summed E-state index contributed by atoms with van der Waals surface area (Å²) in [6.45, 7) is 1.89. The Morgan fingerprint density at radius 3 is 2.67 bits per heavy atom. The molecular weight excluding hydrogens is 200 g/mol. The number of aliphatic carboxylic acids is 2. The standard InChI is InChI=1S/C9H15N2O4/c12-8(13)3-6-5-10-1-2-11-7(6)4-9(14)15/h4,6-7,10-11H,1-3,5H2,(H,12,13)(H,14,15). The molecule has 6 heteroatoms. The second kappa shape index (κ2) is 5.67. The second-order valence-corrected chi connectivity index (χ2v) is 3.55. The summed E-state index contributed by atoms with van der Waals surface area (Å²) in [5.74, 6) is -2.15. The van der Waals surface area contributed by atoms with Crippen LogP contribution >= 0.6 is 0 Å². The van der Waals surface area contributed by atoms with Crippen molar-refractivity contribution in [1.29, 1.82) is 0 Å². The number of hydrogen-bond donors (Lipinski definition) is 4. The van der Waals surface area contributed by atoms with Gasteiger partial charge in [0.05, 0.1) is 12.8 Å². The Hall–Kier alpha value is -1.14. The Morgan fingerprint density at radius 2 is 2.07 bits per heavy atom. The fourth-order valence-electron chi connectivity index (χ4n) is 1.68. The quantitative estimate of drug-likeness (QED) is 0.476. The van der Waals surface area contributed by atoms with E-state index in [4.69, 9.17) is 10.2 Å². The lowest BCUT2D eigenvalue weighted by molar-refractivity contribution is -0.139. The van der Waals surface area contributed by atoms with Crippen molar-refractivity contribution in [3.63, 3.8) is 0 Å². The first kappa shape index (κ1) is 11.9. The molecule has 0 aliphatic carbocycles. The van der Waals surface area contributed by atoms with Gasteiger partial charge in [-0.25, -0.2) is 0 Å². The van der Waals surface area contributed by atoms with Crippen LogP contribution in [0.3, 0.4) is 0 Å². The van der Waals surface area contributed by atoms with E-state index in [0.717, 1.165) is 13.0 Å². The van der Waals surface area contributed by atoms with Crippen LogP contribution in [-0.2, 0) is 9.59 Å². The van der Waals surface area contributed by atoms with Gasteiger partial charge >= 0.3 is 11.9 Å². The van der Waals surface area contributed by atoms with Crippen molar-refractivity contribution in [2.75, 3.05) is 19.6 Å². The predicted octanol–water partition coefficient (Wildman–Crippen LogP) is -1.07. The highest BCUT2D eigenvalue weighted by molar-refractivity contribution is 5.78. The average molecular weight is 215 g/mol. The second-order valence-electron chi connectivity index (χ2n) is 3.55. The summed E-state index contributed by atoms with van der Waals surface area (Å²) in [6, 6.07) is -0.381. The maximum absolute atomic E-state index is 10.6. The van der Waals surface area contributed by atoms with Crippen molar-refractivity contribution < 1.29 is 19.8 Å². The van der Waals surface area contributed by atoms with Crippen LogP contribution < -0.4 is 10.6 Å². The van der Waals surface area contributed by atoms with Crippen LogP contribution in [0.1, 0.15) is 6.42 Å². The normalized spacial score (nSPS) is 26.9. The number of nitrogens with one attached hydrogen (secondary N) is 2. The van der Waals surface area contributed by atoms with Gasteiger partial charge in [-0.05, 0) is 5.92 Å². The fourth-order valence-corrected chi connectivity index (χ4v) is 1.68. The highest BCUT2D eigenvalue weighted by Gasteiger charge is 2.27. The van der Waals surface area contributed by atoms with E-state index in [1.165, 1.54) is 0 Å². The van der Waals surface area contributed by atoms with Crippen LogP contribution in [0.5, 0.6) is 0 Å². The molecule has 0 spiro atoms. The molecule has 4 N–H and O–H groups in total. The Balaban J connectivity index is 2.58. The van der Waals surface area contributed by atoms with E-state index >= 15 is 0 Å². The smallest absolute Gasteiger partial charge is 0.309 e. The molecule has 2 atom stereocenters. The number of rotatable bonds is 4. The van der Waals surface area contributed by atoms with Crippen molar-refractivity contribution >= 4 is 11.9 Å². The number of carbonyl (C=O) groups is 2. The van der Waals surface area contributed by atoms with Gasteiger partial charge in [0.1, 0.15) is 0 Å². The van der Waals surface area contributed by atoms with Crippen LogP contribution in [0, 0.1) is 12.3 Å². The van der Waals surface area contributed by atoms with Gasteiger partial charge < -0.3 is 20.8 Å². The summed E-state index contributed by atoms with van der Waals surface area (Å²) in [4.78, 5) is 21.1. The van der Waals surface area contributed by atoms with Gasteiger partial charge in [-0.2, -0.15) is 0 Å². The van der Waals surface area contributed by atoms with Gasteiger partial charge in [-0.15, -0.1) is 0 Å². The summed E-state index contributed by atoms with van der Waals surface area (Å²) >= 11 is 0. The van der Waals surface area contributed by atoms with Crippen LogP contribution in [0.15, 0.2) is 0 Å². The molecule has 0 bridgehead atoms. The molecule has 1 aliphatic heterocycles. The lowest BCUT2D eigenvalue weighted by Crippen LogP contribution is -2.40. The van der Waals surface area contributed by atoms with Crippen LogP contribution in [0.4, 0.5) is 0 Å². The number of hydrogen-bond acceptors (Lipinski definition) is 4. The first-order chi connectivity index (χ1) is 7.09. The molecule has 0 saturated carbocycles. The Morgan fingerprint density at radius 1 is 1.33 bits per heavy atom. The molecule has 1 saturated heterocycles. The number of carboxylic acids is 2. The Kier molecular flexibility index (Phi) is 4.51. The van der Waals surface area contributed by atoms with Crippen molar-refractivity contribution in [3.05, 3.63) is 6.42 Å². The van der Waals surface area contributed by atoms with Crippen LogP contribution in [0.25, 0.3) is 0 Å². The van der Waals surface area contributed by atoms with E-state index in [-0.39, 0.29) is 18.4 Å². The average Bonchev–Trinajstić information content (AvgIpc) is 2.30. The molecule has 0 aromatic carbocycles. The van der Waals surface area contributed by atoms with E-state index < -0.39 is 11.9 Å². The van der Waals surface area contributed by atoms with Gasteiger partial charge in [-0.3, -0.25) is 9.59 Å². The Labute approximate surface area is 87.7 Å². The van der Waals surface area contributed by atoms with Gasteiger partial charge in [0, 0.05) is 25.7 Å². The Bertz CT molecular complexity index is 220. The van der Waals surface area contributed by atoms with Crippen molar-refractivity contribution in [3.8, 4) is 0 Å². The summed E-state index contributed by atoms with van der Waals surface area (Å²) < 4.78 is 0. The SMILES string of the molecule is O=C(O)[CH]C1NCCNCC1CC(=O)O. The molecule has 0 aromatic rings. The molecule has 0 aromatic heterocycles. The van der Waals surface area contributed by atoms with Gasteiger partial charge in [0.25, 0.3) is 0 Å². The first-order valence-corrected chi connectivity index (χ1v) is 4.83. The minimum absolute atomic E-state index is 0.0333. The lowest BCUT2D eigenvalue weighted by atomic mass is 9.94. The summed E-state index contributed by atoms with van der Waals surface area (Å²) in [6.07, 6.45) is 1.09. The van der Waals surface area contributed by atoms with E-state index in [1.54, 1.807) is 0 Å². The van der Waals surface area contributed by atoms with E-state index in [1.807, 2.05) is 0 Å². The van der Waals surface area contributed by atoms with E-state index in [0.29, 0.717) is 13.1 Å². The minimum Gasteiger partial charge on any atom is -0.481 e. The molecule has 1 radical (unpaired) electrons. The molecule has 2 unspecified atom stereocenters. The van der Waals surface area contributed by atoms with E-state index in [9.17, 15) is 9.59 Å². The monoisotopic (exact) mass is 215 g/mol. The molecule has 85 valence electrons. The third kappa shape index (κ3) is 4.26. The summed E-state index contributed by atoms with van der Waals surface area (Å²) in [5.41, 5.74) is 0. The molecule has 1 aliphatic rings. The number of carboxylic acid groups (broad SMARTS) is 2. The largest absolute Gasteiger partial charge is 0.481 e. The zero-order valence-corrected chi connectivity index (χ0v) is 8.27. The van der Waals surface area contributed by atoms with Gasteiger partial charge in [0.15, 0.2) is 0 Å². The third-order valence-electron chi connectivity index (χ3n) is 2.36. The molecule has 0 amide bonds. The molecule has 1 rings (SSSR count). The van der Waals surface area contributed by atoms with Gasteiger partial charge in [0.2, 0.25) is 0 Å². The molecule has 1 heterocycles. The third-order valence-corrected chi connectivity index (χ3v) is 2.36.